The smallest absolute Gasteiger partial charge is 0.425 e. The summed E-state index contributed by atoms with van der Waals surface area (Å²) in [5, 5.41) is 4.09. The largest absolute Gasteiger partial charge is 0.465 e. The molecule has 0 atom stereocenters. The Bertz CT molecular complexity index is 1340. The molecule has 0 unspecified atom stereocenters. The van der Waals surface area contributed by atoms with Crippen molar-refractivity contribution in [2.24, 2.45) is 0 Å². The van der Waals surface area contributed by atoms with E-state index in [1.54, 1.807) is 30.3 Å². The van der Waals surface area contributed by atoms with Crippen molar-refractivity contribution in [2.75, 3.05) is 12.4 Å². The minimum atomic E-state index is -4.51. The van der Waals surface area contributed by atoms with E-state index in [1.807, 2.05) is 0 Å². The molecule has 0 saturated heterocycles. The van der Waals surface area contributed by atoms with Gasteiger partial charge in [0.1, 0.15) is 15.5 Å². The van der Waals surface area contributed by atoms with E-state index in [1.165, 1.54) is 19.2 Å². The normalized spacial score (nSPS) is 11.6. The Morgan fingerprint density at radius 1 is 1.06 bits per heavy atom. The molecule has 1 N–H and O–H groups in total. The standard InChI is InChI=1S/C22H14Cl2F3N3O2S/c1-32-21(31)13-5-3-12(4-6-13)18-29-19(28-10-11-2-7-15(23)16(24)8-11)14-9-17(22(25,26)27)33-20(14)30-18/h2-9H,10H2,1H3,(H,28,29,30). The topological polar surface area (TPSA) is 64.1 Å². The van der Waals surface area contributed by atoms with Crippen molar-refractivity contribution in [3.63, 3.8) is 0 Å². The third-order valence-corrected chi connectivity index (χ3v) is 6.49. The molecule has 0 fully saturated rings. The molecule has 0 saturated carbocycles. The zero-order chi connectivity index (χ0) is 23.8. The van der Waals surface area contributed by atoms with E-state index in [9.17, 15) is 18.0 Å². The number of fused-ring (bicyclic) bond motifs is 1. The minimum Gasteiger partial charge on any atom is -0.465 e. The van der Waals surface area contributed by atoms with Crippen molar-refractivity contribution >= 4 is 56.5 Å². The number of esters is 1. The average molecular weight is 512 g/mol. The highest BCUT2D eigenvalue weighted by molar-refractivity contribution is 7.18. The number of anilines is 1. The van der Waals surface area contributed by atoms with Gasteiger partial charge in [0.05, 0.1) is 28.1 Å². The van der Waals surface area contributed by atoms with Crippen molar-refractivity contribution in [1.82, 2.24) is 9.97 Å². The first kappa shape index (κ1) is 23.3. The zero-order valence-electron chi connectivity index (χ0n) is 16.8. The summed E-state index contributed by atoms with van der Waals surface area (Å²) in [4.78, 5) is 19.9. The number of thiophene rings is 1. The van der Waals surface area contributed by atoms with Crippen molar-refractivity contribution in [3.8, 4) is 11.4 Å². The van der Waals surface area contributed by atoms with E-state index in [0.29, 0.717) is 32.5 Å². The van der Waals surface area contributed by atoms with Crippen LogP contribution in [0.1, 0.15) is 20.8 Å². The summed E-state index contributed by atoms with van der Waals surface area (Å²) >= 11 is 12.5. The third-order valence-electron chi connectivity index (χ3n) is 4.68. The highest BCUT2D eigenvalue weighted by atomic mass is 35.5. The van der Waals surface area contributed by atoms with Gasteiger partial charge in [-0.1, -0.05) is 41.4 Å². The lowest BCUT2D eigenvalue weighted by Crippen LogP contribution is -2.04. The first-order valence-corrected chi connectivity index (χ1v) is 11.0. The number of carbonyl (C=O) groups excluding carboxylic acids is 1. The lowest BCUT2D eigenvalue weighted by atomic mass is 10.1. The van der Waals surface area contributed by atoms with Gasteiger partial charge in [-0.2, -0.15) is 13.2 Å². The molecular weight excluding hydrogens is 498 g/mol. The van der Waals surface area contributed by atoms with Crippen molar-refractivity contribution in [1.29, 1.82) is 0 Å². The minimum absolute atomic E-state index is 0.181. The Balaban J connectivity index is 1.75. The fourth-order valence-electron chi connectivity index (χ4n) is 3.03. The van der Waals surface area contributed by atoms with E-state index >= 15 is 0 Å². The van der Waals surface area contributed by atoms with Gasteiger partial charge in [-0.15, -0.1) is 11.3 Å². The van der Waals surface area contributed by atoms with Gasteiger partial charge in [-0.3, -0.25) is 0 Å². The van der Waals surface area contributed by atoms with Crippen LogP contribution in [-0.2, 0) is 17.5 Å². The van der Waals surface area contributed by atoms with E-state index in [2.05, 4.69) is 20.0 Å². The maximum absolute atomic E-state index is 13.3. The number of benzene rings is 2. The molecule has 11 heteroatoms. The average Bonchev–Trinajstić information content (AvgIpc) is 3.24. The van der Waals surface area contributed by atoms with Gasteiger partial charge in [0.2, 0.25) is 0 Å². The Labute approximate surface area is 200 Å². The lowest BCUT2D eigenvalue weighted by molar-refractivity contribution is -0.134. The lowest BCUT2D eigenvalue weighted by Gasteiger charge is -2.10. The fraction of sp³-hybridized carbons (Fsp3) is 0.136. The van der Waals surface area contributed by atoms with Crippen LogP contribution in [0, 0.1) is 0 Å². The number of hydrogen-bond acceptors (Lipinski definition) is 6. The number of ether oxygens (including phenoxy) is 1. The second kappa shape index (κ2) is 9.17. The SMILES string of the molecule is COC(=O)c1ccc(-c2nc(NCc3ccc(Cl)c(Cl)c3)c3cc(C(F)(F)F)sc3n2)cc1. The second-order valence-electron chi connectivity index (χ2n) is 6.89. The Morgan fingerprint density at radius 2 is 1.79 bits per heavy atom. The quantitative estimate of drug-likeness (QED) is 0.290. The number of halogens is 5. The van der Waals surface area contributed by atoms with Gasteiger partial charge in [0, 0.05) is 12.1 Å². The molecular formula is C22H14Cl2F3N3O2S. The first-order valence-electron chi connectivity index (χ1n) is 9.41. The number of carbonyl (C=O) groups is 1. The van der Waals surface area contributed by atoms with E-state index in [4.69, 9.17) is 23.2 Å². The second-order valence-corrected chi connectivity index (χ2v) is 8.74. The molecule has 4 rings (SSSR count). The third kappa shape index (κ3) is 5.05. The molecule has 5 nitrogen and oxygen atoms in total. The van der Waals surface area contributed by atoms with Gasteiger partial charge in [-0.25, -0.2) is 14.8 Å². The summed E-state index contributed by atoms with van der Waals surface area (Å²) in [6, 6.07) is 12.4. The number of rotatable bonds is 5. The molecule has 4 aromatic rings. The van der Waals surface area contributed by atoms with Gasteiger partial charge in [0.15, 0.2) is 5.82 Å². The molecule has 2 heterocycles. The molecule has 170 valence electrons. The van der Waals surface area contributed by atoms with Crippen LogP contribution in [0.5, 0.6) is 0 Å². The molecule has 2 aromatic carbocycles. The van der Waals surface area contributed by atoms with Crippen LogP contribution in [0.3, 0.4) is 0 Å². The molecule has 0 aliphatic heterocycles. The number of nitrogens with zero attached hydrogens (tertiary/aromatic N) is 2. The molecule has 0 bridgehead atoms. The predicted octanol–water partition coefficient (Wildman–Crippen LogP) is 7.08. The predicted molar refractivity (Wildman–Crippen MR) is 123 cm³/mol. The number of alkyl halides is 3. The van der Waals surface area contributed by atoms with Crippen LogP contribution in [-0.4, -0.2) is 23.0 Å². The Kier molecular flexibility index (Phi) is 6.47. The number of hydrogen-bond donors (Lipinski definition) is 1. The van der Waals surface area contributed by atoms with E-state index in [0.717, 1.165) is 11.6 Å². The Morgan fingerprint density at radius 3 is 2.42 bits per heavy atom. The number of nitrogens with one attached hydrogen (secondary N) is 1. The van der Waals surface area contributed by atoms with Crippen molar-refractivity contribution in [3.05, 3.63) is 74.6 Å². The molecule has 0 spiro atoms. The van der Waals surface area contributed by atoms with E-state index in [-0.39, 0.29) is 28.4 Å². The monoisotopic (exact) mass is 511 g/mol. The summed E-state index contributed by atoms with van der Waals surface area (Å²) in [6.07, 6.45) is -4.51. The van der Waals surface area contributed by atoms with Crippen LogP contribution in [0.4, 0.5) is 19.0 Å². The van der Waals surface area contributed by atoms with Crippen LogP contribution >= 0.6 is 34.5 Å². The summed E-state index contributed by atoms with van der Waals surface area (Å²) in [5.74, 6) is -0.0500. The molecule has 0 amide bonds. The molecule has 2 aromatic heterocycles. The summed E-state index contributed by atoms with van der Waals surface area (Å²) in [5.41, 5.74) is 1.63. The summed E-state index contributed by atoms with van der Waals surface area (Å²) in [7, 11) is 1.27. The Hall–Kier alpha value is -2.88. The van der Waals surface area contributed by atoms with Crippen molar-refractivity contribution in [2.45, 2.75) is 12.7 Å². The molecule has 0 radical (unpaired) electrons. The molecule has 33 heavy (non-hydrogen) atoms. The molecule has 0 aliphatic rings. The highest BCUT2D eigenvalue weighted by Gasteiger charge is 2.33. The van der Waals surface area contributed by atoms with Crippen LogP contribution in [0.2, 0.25) is 10.0 Å². The van der Waals surface area contributed by atoms with Crippen LogP contribution in [0.25, 0.3) is 21.6 Å². The number of methoxy groups -OCH3 is 1. The first-order chi connectivity index (χ1) is 15.7. The van der Waals surface area contributed by atoms with Crippen LogP contribution < -0.4 is 5.32 Å². The van der Waals surface area contributed by atoms with Gasteiger partial charge >= 0.3 is 12.1 Å². The van der Waals surface area contributed by atoms with E-state index < -0.39 is 17.0 Å². The molecule has 0 aliphatic carbocycles. The summed E-state index contributed by atoms with van der Waals surface area (Å²) in [6.45, 7) is 0.251. The van der Waals surface area contributed by atoms with Gasteiger partial charge in [0.25, 0.3) is 0 Å². The summed E-state index contributed by atoms with van der Waals surface area (Å²) < 4.78 is 44.7. The zero-order valence-corrected chi connectivity index (χ0v) is 19.2. The number of aromatic nitrogens is 2. The van der Waals surface area contributed by atoms with Crippen LogP contribution in [0.15, 0.2) is 48.5 Å². The maximum atomic E-state index is 13.3. The maximum Gasteiger partial charge on any atom is 0.425 e. The van der Waals surface area contributed by atoms with Gasteiger partial charge < -0.3 is 10.1 Å². The van der Waals surface area contributed by atoms with Crippen molar-refractivity contribution < 1.29 is 22.7 Å². The fourth-order valence-corrected chi connectivity index (χ4v) is 4.25. The van der Waals surface area contributed by atoms with Gasteiger partial charge in [-0.05, 0) is 35.9 Å². The highest BCUT2D eigenvalue weighted by Crippen LogP contribution is 2.40.